The smallest absolute Gasteiger partial charge is 0.251 e. The quantitative estimate of drug-likeness (QED) is 0.702. The van der Waals surface area contributed by atoms with Crippen molar-refractivity contribution < 1.29 is 23.4 Å². The summed E-state index contributed by atoms with van der Waals surface area (Å²) >= 11 is 6.30. The molecule has 0 saturated carbocycles. The van der Waals surface area contributed by atoms with Gasteiger partial charge in [0.1, 0.15) is 11.5 Å². The molecule has 1 saturated heterocycles. The maximum atomic E-state index is 12.8. The van der Waals surface area contributed by atoms with Gasteiger partial charge < -0.3 is 23.9 Å². The van der Waals surface area contributed by atoms with Crippen molar-refractivity contribution in [3.63, 3.8) is 0 Å². The fraction of sp³-hybridized carbons (Fsp3) is 0.476. The summed E-state index contributed by atoms with van der Waals surface area (Å²) in [5.41, 5.74) is 0.409. The highest BCUT2D eigenvalue weighted by atomic mass is 35.5. The molecule has 2 aromatic rings. The number of hydrogen-bond donors (Lipinski definition) is 1. The zero-order chi connectivity index (χ0) is 20.8. The van der Waals surface area contributed by atoms with E-state index in [1.165, 1.54) is 7.11 Å². The van der Waals surface area contributed by atoms with Gasteiger partial charge in [0.05, 0.1) is 38.0 Å². The number of aryl methyl sites for hydroxylation is 1. The Labute approximate surface area is 175 Å². The van der Waals surface area contributed by atoms with Crippen LogP contribution < -0.4 is 14.8 Å². The number of nitrogens with one attached hydrogen (secondary N) is 1. The van der Waals surface area contributed by atoms with E-state index in [4.69, 9.17) is 30.2 Å². The van der Waals surface area contributed by atoms with Gasteiger partial charge in [-0.1, -0.05) is 11.6 Å². The molecule has 158 valence electrons. The number of rotatable bonds is 8. The fourth-order valence-corrected chi connectivity index (χ4v) is 3.62. The molecule has 1 aromatic carbocycles. The van der Waals surface area contributed by atoms with Gasteiger partial charge in [-0.2, -0.15) is 0 Å². The Bertz CT molecular complexity index is 832. The van der Waals surface area contributed by atoms with Crippen LogP contribution in [0.4, 0.5) is 0 Å². The van der Waals surface area contributed by atoms with Crippen LogP contribution in [0.5, 0.6) is 11.5 Å². The van der Waals surface area contributed by atoms with Crippen molar-refractivity contribution in [1.82, 2.24) is 10.2 Å². The first-order valence-corrected chi connectivity index (χ1v) is 10.1. The first-order valence-electron chi connectivity index (χ1n) is 9.70. The first-order chi connectivity index (χ1) is 14.0. The number of ether oxygens (including phenoxy) is 3. The van der Waals surface area contributed by atoms with E-state index in [0.717, 1.165) is 24.6 Å². The Kier molecular flexibility index (Phi) is 7.41. The second kappa shape index (κ2) is 10.0. The van der Waals surface area contributed by atoms with E-state index in [1.807, 2.05) is 26.0 Å². The van der Waals surface area contributed by atoms with Gasteiger partial charge in [0.15, 0.2) is 11.5 Å². The number of morpholine rings is 1. The maximum Gasteiger partial charge on any atom is 0.251 e. The summed E-state index contributed by atoms with van der Waals surface area (Å²) in [6, 6.07) is 7.04. The second-order valence-electron chi connectivity index (χ2n) is 6.75. The zero-order valence-electron chi connectivity index (χ0n) is 17.0. The molecule has 1 aliphatic rings. The summed E-state index contributed by atoms with van der Waals surface area (Å²) in [6.45, 7) is 7.51. The van der Waals surface area contributed by atoms with E-state index in [0.29, 0.717) is 48.5 Å². The monoisotopic (exact) mass is 422 g/mol. The topological polar surface area (TPSA) is 73.2 Å². The SMILES string of the molecule is CCOc1c(Cl)cc(C(=O)NCC(c2ccc(C)o2)N2CCOCC2)cc1OC. The predicted molar refractivity (Wildman–Crippen MR) is 110 cm³/mol. The average Bonchev–Trinajstić information content (AvgIpc) is 3.16. The van der Waals surface area contributed by atoms with Crippen LogP contribution in [0.15, 0.2) is 28.7 Å². The number of carbonyl (C=O) groups excluding carboxylic acids is 1. The van der Waals surface area contributed by atoms with E-state index < -0.39 is 0 Å². The highest BCUT2D eigenvalue weighted by Gasteiger charge is 2.26. The lowest BCUT2D eigenvalue weighted by molar-refractivity contribution is 0.0117. The number of hydrogen-bond acceptors (Lipinski definition) is 6. The van der Waals surface area contributed by atoms with E-state index in [2.05, 4.69) is 10.2 Å². The average molecular weight is 423 g/mol. The molecule has 1 N–H and O–H groups in total. The Morgan fingerprint density at radius 2 is 2.07 bits per heavy atom. The standard InChI is InChI=1S/C21H27ClN2O5/c1-4-28-20-16(22)11-15(12-19(20)26-3)21(25)23-13-17(18-6-5-14(2)29-18)24-7-9-27-10-8-24/h5-6,11-12,17H,4,7-10,13H2,1-3H3,(H,23,25). The number of methoxy groups -OCH3 is 1. The molecule has 0 bridgehead atoms. The van der Waals surface area contributed by atoms with E-state index in [9.17, 15) is 4.79 Å². The molecule has 1 unspecified atom stereocenters. The van der Waals surface area contributed by atoms with Gasteiger partial charge in [-0.15, -0.1) is 0 Å². The second-order valence-corrected chi connectivity index (χ2v) is 7.15. The maximum absolute atomic E-state index is 12.8. The molecule has 1 aliphatic heterocycles. The van der Waals surface area contributed by atoms with Crippen molar-refractivity contribution in [3.8, 4) is 11.5 Å². The molecular weight excluding hydrogens is 396 g/mol. The molecule has 1 aromatic heterocycles. The van der Waals surface area contributed by atoms with Gasteiger partial charge in [0.25, 0.3) is 5.91 Å². The third-order valence-corrected chi connectivity index (χ3v) is 5.09. The highest BCUT2D eigenvalue weighted by molar-refractivity contribution is 6.32. The molecule has 2 heterocycles. The largest absolute Gasteiger partial charge is 0.493 e. The van der Waals surface area contributed by atoms with E-state index in [-0.39, 0.29) is 11.9 Å². The lowest BCUT2D eigenvalue weighted by Gasteiger charge is -2.33. The molecule has 0 radical (unpaired) electrons. The van der Waals surface area contributed by atoms with Gasteiger partial charge in [-0.25, -0.2) is 0 Å². The Morgan fingerprint density at radius 3 is 2.69 bits per heavy atom. The molecule has 1 atom stereocenters. The number of nitrogens with zero attached hydrogens (tertiary/aromatic N) is 1. The van der Waals surface area contributed by atoms with Gasteiger partial charge in [0.2, 0.25) is 0 Å². The molecule has 0 aliphatic carbocycles. The summed E-state index contributed by atoms with van der Waals surface area (Å²) in [7, 11) is 1.52. The lowest BCUT2D eigenvalue weighted by atomic mass is 10.1. The van der Waals surface area contributed by atoms with Gasteiger partial charge >= 0.3 is 0 Å². The predicted octanol–water partition coefficient (Wildman–Crippen LogP) is 3.45. The summed E-state index contributed by atoms with van der Waals surface area (Å²) in [4.78, 5) is 15.1. The van der Waals surface area contributed by atoms with E-state index in [1.54, 1.807) is 12.1 Å². The third kappa shape index (κ3) is 5.23. The first kappa shape index (κ1) is 21.5. The van der Waals surface area contributed by atoms with Crippen LogP contribution in [0.1, 0.15) is 34.8 Å². The molecule has 1 amide bonds. The van der Waals surface area contributed by atoms with Crippen LogP contribution >= 0.6 is 11.6 Å². The Balaban J connectivity index is 1.75. The molecule has 29 heavy (non-hydrogen) atoms. The molecular formula is C21H27ClN2O5. The molecule has 3 rings (SSSR count). The van der Waals surface area contributed by atoms with Crippen molar-refractivity contribution >= 4 is 17.5 Å². The fourth-order valence-electron chi connectivity index (χ4n) is 3.36. The minimum Gasteiger partial charge on any atom is -0.493 e. The summed E-state index contributed by atoms with van der Waals surface area (Å²) in [6.07, 6.45) is 0. The van der Waals surface area contributed by atoms with Crippen molar-refractivity contribution in [3.05, 3.63) is 46.4 Å². The van der Waals surface area contributed by atoms with Gasteiger partial charge in [-0.05, 0) is 38.1 Å². The summed E-state index contributed by atoms with van der Waals surface area (Å²) < 4.78 is 22.1. The van der Waals surface area contributed by atoms with Crippen LogP contribution in [0.2, 0.25) is 5.02 Å². The van der Waals surface area contributed by atoms with Crippen molar-refractivity contribution in [1.29, 1.82) is 0 Å². The van der Waals surface area contributed by atoms with Crippen LogP contribution in [0.3, 0.4) is 0 Å². The number of benzene rings is 1. The van der Waals surface area contributed by atoms with Gasteiger partial charge in [0, 0.05) is 25.2 Å². The molecule has 8 heteroatoms. The Hall–Kier alpha value is -2.22. The van der Waals surface area contributed by atoms with E-state index >= 15 is 0 Å². The summed E-state index contributed by atoms with van der Waals surface area (Å²) in [5.74, 6) is 2.29. The van der Waals surface area contributed by atoms with Crippen LogP contribution in [-0.2, 0) is 4.74 Å². The van der Waals surface area contributed by atoms with Crippen LogP contribution in [-0.4, -0.2) is 57.4 Å². The lowest BCUT2D eigenvalue weighted by Crippen LogP contribution is -2.43. The van der Waals surface area contributed by atoms with Crippen LogP contribution in [0, 0.1) is 6.92 Å². The van der Waals surface area contributed by atoms with Crippen molar-refractivity contribution in [2.45, 2.75) is 19.9 Å². The molecule has 7 nitrogen and oxygen atoms in total. The minimum absolute atomic E-state index is 0.0726. The minimum atomic E-state index is -0.241. The van der Waals surface area contributed by atoms with Crippen molar-refractivity contribution in [2.24, 2.45) is 0 Å². The molecule has 1 fully saturated rings. The zero-order valence-corrected chi connectivity index (χ0v) is 17.8. The molecule has 0 spiro atoms. The number of halogens is 1. The Morgan fingerprint density at radius 1 is 1.31 bits per heavy atom. The normalized spacial score (nSPS) is 15.7. The number of amides is 1. The van der Waals surface area contributed by atoms with Crippen LogP contribution in [0.25, 0.3) is 0 Å². The highest BCUT2D eigenvalue weighted by Crippen LogP contribution is 2.36. The number of carbonyl (C=O) groups is 1. The third-order valence-electron chi connectivity index (χ3n) is 4.81. The van der Waals surface area contributed by atoms with Crippen molar-refractivity contribution in [2.75, 3.05) is 46.6 Å². The number of furan rings is 1. The summed E-state index contributed by atoms with van der Waals surface area (Å²) in [5, 5.41) is 3.33. The van der Waals surface area contributed by atoms with Gasteiger partial charge in [-0.3, -0.25) is 9.69 Å².